The van der Waals surface area contributed by atoms with E-state index in [0.29, 0.717) is 16.7 Å². The molecule has 0 atom stereocenters. The van der Waals surface area contributed by atoms with Crippen LogP contribution in [0.4, 0.5) is 4.39 Å². The number of alkyl halides is 1. The van der Waals surface area contributed by atoms with Crippen molar-refractivity contribution in [3.05, 3.63) is 45.3 Å². The SMILES string of the molecule is [N-]=[N+]=NCc1cc(CO)cc(CF)c1. The topological polar surface area (TPSA) is 69.0 Å². The second kappa shape index (κ2) is 5.21. The molecule has 0 fully saturated rings. The summed E-state index contributed by atoms with van der Waals surface area (Å²) in [5.41, 5.74) is 9.94. The number of nitrogens with zero attached hydrogens (tertiary/aromatic N) is 3. The highest BCUT2D eigenvalue weighted by Gasteiger charge is 1.99. The van der Waals surface area contributed by atoms with E-state index in [1.165, 1.54) is 0 Å². The van der Waals surface area contributed by atoms with E-state index in [1.807, 2.05) is 0 Å². The Balaban J connectivity index is 2.97. The van der Waals surface area contributed by atoms with Crippen molar-refractivity contribution in [3.8, 4) is 0 Å². The third-order valence-corrected chi connectivity index (χ3v) is 1.77. The molecule has 1 N–H and O–H groups in total. The minimum Gasteiger partial charge on any atom is -0.392 e. The molecule has 0 bridgehead atoms. The van der Waals surface area contributed by atoms with Crippen molar-refractivity contribution in [1.82, 2.24) is 0 Å². The Morgan fingerprint density at radius 2 is 1.93 bits per heavy atom. The Morgan fingerprint density at radius 3 is 2.50 bits per heavy atom. The Kier molecular flexibility index (Phi) is 3.91. The molecule has 0 aromatic heterocycles. The van der Waals surface area contributed by atoms with E-state index in [2.05, 4.69) is 10.0 Å². The molecular formula is C9H10FN3O. The summed E-state index contributed by atoms with van der Waals surface area (Å²) in [6.07, 6.45) is 0. The van der Waals surface area contributed by atoms with Gasteiger partial charge in [-0.1, -0.05) is 23.3 Å². The third-order valence-electron chi connectivity index (χ3n) is 1.77. The minimum absolute atomic E-state index is 0.142. The molecule has 0 saturated carbocycles. The molecule has 0 heterocycles. The van der Waals surface area contributed by atoms with Crippen molar-refractivity contribution in [3.63, 3.8) is 0 Å². The molecule has 1 aromatic carbocycles. The van der Waals surface area contributed by atoms with Crippen LogP contribution in [0.5, 0.6) is 0 Å². The number of hydrogen-bond donors (Lipinski definition) is 1. The molecule has 4 nitrogen and oxygen atoms in total. The van der Waals surface area contributed by atoms with Crippen molar-refractivity contribution >= 4 is 0 Å². The van der Waals surface area contributed by atoms with Gasteiger partial charge < -0.3 is 5.11 Å². The van der Waals surface area contributed by atoms with Crippen molar-refractivity contribution < 1.29 is 9.50 Å². The Labute approximate surface area is 80.6 Å². The van der Waals surface area contributed by atoms with Gasteiger partial charge in [0.05, 0.1) is 13.2 Å². The molecule has 0 aliphatic heterocycles. The first-order chi connectivity index (χ1) is 6.80. The lowest BCUT2D eigenvalue weighted by Gasteiger charge is -2.03. The summed E-state index contributed by atoms with van der Waals surface area (Å²) in [4.78, 5) is 2.61. The van der Waals surface area contributed by atoms with Gasteiger partial charge in [-0.3, -0.25) is 0 Å². The van der Waals surface area contributed by atoms with Crippen LogP contribution in [0.25, 0.3) is 10.4 Å². The van der Waals surface area contributed by atoms with Gasteiger partial charge in [0.15, 0.2) is 0 Å². The largest absolute Gasteiger partial charge is 0.392 e. The summed E-state index contributed by atoms with van der Waals surface area (Å²) in [7, 11) is 0. The first kappa shape index (κ1) is 10.5. The maximum absolute atomic E-state index is 12.4. The number of aliphatic hydroxyl groups excluding tert-OH is 1. The molecule has 74 valence electrons. The summed E-state index contributed by atoms with van der Waals surface area (Å²) in [5, 5.41) is 12.3. The lowest BCUT2D eigenvalue weighted by Crippen LogP contribution is -1.91. The summed E-state index contributed by atoms with van der Waals surface area (Å²) in [5.74, 6) is 0. The predicted octanol–water partition coefficient (Wildman–Crippen LogP) is 2.46. The molecule has 1 aromatic rings. The summed E-state index contributed by atoms with van der Waals surface area (Å²) >= 11 is 0. The average Bonchev–Trinajstić information content (AvgIpc) is 2.25. The van der Waals surface area contributed by atoms with Crippen LogP contribution in [0.2, 0.25) is 0 Å². The number of azide groups is 1. The van der Waals surface area contributed by atoms with Crippen molar-refractivity contribution in [2.24, 2.45) is 5.11 Å². The monoisotopic (exact) mass is 195 g/mol. The molecule has 14 heavy (non-hydrogen) atoms. The van der Waals surface area contributed by atoms with Gasteiger partial charge in [0.25, 0.3) is 0 Å². The van der Waals surface area contributed by atoms with Gasteiger partial charge in [-0.15, -0.1) is 0 Å². The lowest BCUT2D eigenvalue weighted by atomic mass is 10.1. The predicted molar refractivity (Wildman–Crippen MR) is 50.0 cm³/mol. The molecule has 5 heteroatoms. The average molecular weight is 195 g/mol. The molecule has 0 spiro atoms. The fourth-order valence-electron chi connectivity index (χ4n) is 1.21. The van der Waals surface area contributed by atoms with E-state index in [4.69, 9.17) is 10.6 Å². The van der Waals surface area contributed by atoms with E-state index < -0.39 is 6.67 Å². The van der Waals surface area contributed by atoms with Gasteiger partial charge in [-0.25, -0.2) is 4.39 Å². The van der Waals surface area contributed by atoms with Crippen molar-refractivity contribution in [2.75, 3.05) is 0 Å². The highest BCUT2D eigenvalue weighted by Crippen LogP contribution is 2.12. The maximum atomic E-state index is 12.4. The second-order valence-electron chi connectivity index (χ2n) is 2.84. The number of aliphatic hydroxyl groups is 1. The highest BCUT2D eigenvalue weighted by molar-refractivity contribution is 5.29. The zero-order valence-corrected chi connectivity index (χ0v) is 7.52. The first-order valence-corrected chi connectivity index (χ1v) is 4.09. The molecule has 0 aliphatic carbocycles. The Morgan fingerprint density at radius 1 is 1.29 bits per heavy atom. The normalized spacial score (nSPS) is 9.57. The van der Waals surface area contributed by atoms with Crippen LogP contribution in [0.1, 0.15) is 16.7 Å². The van der Waals surface area contributed by atoms with Gasteiger partial charge in [0.2, 0.25) is 0 Å². The summed E-state index contributed by atoms with van der Waals surface area (Å²) in [6.45, 7) is -0.550. The van der Waals surface area contributed by atoms with Crippen LogP contribution in [-0.2, 0) is 19.8 Å². The number of hydrogen-bond acceptors (Lipinski definition) is 2. The number of rotatable bonds is 4. The molecule has 0 unspecified atom stereocenters. The smallest absolute Gasteiger partial charge is 0.115 e. The Hall–Kier alpha value is -1.58. The van der Waals surface area contributed by atoms with E-state index in [-0.39, 0.29) is 13.2 Å². The van der Waals surface area contributed by atoms with Gasteiger partial charge in [0.1, 0.15) is 6.67 Å². The van der Waals surface area contributed by atoms with Gasteiger partial charge in [-0.2, -0.15) is 0 Å². The van der Waals surface area contributed by atoms with Crippen molar-refractivity contribution in [2.45, 2.75) is 19.8 Å². The maximum Gasteiger partial charge on any atom is 0.115 e. The molecular weight excluding hydrogens is 185 g/mol. The van der Waals surface area contributed by atoms with Crippen LogP contribution in [0, 0.1) is 0 Å². The molecule has 0 radical (unpaired) electrons. The fourth-order valence-corrected chi connectivity index (χ4v) is 1.21. The first-order valence-electron chi connectivity index (χ1n) is 4.09. The zero-order valence-electron chi connectivity index (χ0n) is 7.52. The standard InChI is InChI=1S/C9H10FN3O/c10-4-7-1-8(5-12-13-11)3-9(2-7)6-14/h1-3,14H,4-6H2. The van der Waals surface area contributed by atoms with Crippen LogP contribution in [0.3, 0.4) is 0 Å². The summed E-state index contributed by atoms with van der Waals surface area (Å²) < 4.78 is 12.4. The Bertz CT molecular complexity index is 339. The molecule has 0 aliphatic rings. The van der Waals surface area contributed by atoms with Crippen LogP contribution in [0.15, 0.2) is 23.3 Å². The zero-order chi connectivity index (χ0) is 10.4. The van der Waals surface area contributed by atoms with Crippen LogP contribution >= 0.6 is 0 Å². The van der Waals surface area contributed by atoms with Gasteiger partial charge in [0, 0.05) is 4.91 Å². The van der Waals surface area contributed by atoms with E-state index >= 15 is 0 Å². The van der Waals surface area contributed by atoms with E-state index in [0.717, 1.165) is 0 Å². The summed E-state index contributed by atoms with van der Waals surface area (Å²) in [6, 6.07) is 4.89. The lowest BCUT2D eigenvalue weighted by molar-refractivity contribution is 0.281. The van der Waals surface area contributed by atoms with Gasteiger partial charge in [-0.05, 0) is 22.2 Å². The van der Waals surface area contributed by atoms with E-state index in [9.17, 15) is 4.39 Å². The van der Waals surface area contributed by atoms with Crippen molar-refractivity contribution in [1.29, 1.82) is 0 Å². The van der Waals surface area contributed by atoms with Crippen LogP contribution in [-0.4, -0.2) is 5.11 Å². The fraction of sp³-hybridized carbons (Fsp3) is 0.333. The van der Waals surface area contributed by atoms with Gasteiger partial charge >= 0.3 is 0 Å². The molecule has 0 saturated heterocycles. The molecule has 0 amide bonds. The quantitative estimate of drug-likeness (QED) is 0.447. The number of benzene rings is 1. The highest BCUT2D eigenvalue weighted by atomic mass is 19.1. The van der Waals surface area contributed by atoms with Crippen LogP contribution < -0.4 is 0 Å². The third kappa shape index (κ3) is 2.73. The second-order valence-corrected chi connectivity index (χ2v) is 2.84. The minimum atomic E-state index is -0.586. The number of halogens is 1. The molecule has 1 rings (SSSR count). The van der Waals surface area contributed by atoms with E-state index in [1.54, 1.807) is 18.2 Å².